The van der Waals surface area contributed by atoms with Crippen LogP contribution in [0.2, 0.25) is 10.0 Å². The molecule has 136 valence electrons. The Balaban J connectivity index is 1.69. The fourth-order valence-electron chi connectivity index (χ4n) is 2.58. The first-order chi connectivity index (χ1) is 12.5. The number of carbonyl (C=O) groups is 2. The van der Waals surface area contributed by atoms with Gasteiger partial charge in [-0.15, -0.1) is 0 Å². The van der Waals surface area contributed by atoms with Gasteiger partial charge in [0.2, 0.25) is 0 Å². The number of hydrogen-bond donors (Lipinski definition) is 1. The number of rotatable bonds is 4. The highest BCUT2D eigenvalue weighted by molar-refractivity contribution is 6.37. The first kappa shape index (κ1) is 18.4. The predicted molar refractivity (Wildman–Crippen MR) is 95.0 cm³/mol. The van der Waals surface area contributed by atoms with E-state index in [0.717, 1.165) is 5.56 Å². The molecule has 6 nitrogen and oxygen atoms in total. The predicted octanol–water partition coefficient (Wildman–Crippen LogP) is 3.76. The van der Waals surface area contributed by atoms with E-state index in [0.29, 0.717) is 5.56 Å². The van der Waals surface area contributed by atoms with Crippen molar-refractivity contribution in [3.05, 3.63) is 63.6 Å². The zero-order valence-electron chi connectivity index (χ0n) is 13.5. The van der Waals surface area contributed by atoms with Crippen molar-refractivity contribution >= 4 is 35.3 Å². The van der Waals surface area contributed by atoms with Crippen molar-refractivity contribution in [3.8, 4) is 5.75 Å². The first-order valence-corrected chi connectivity index (χ1v) is 8.52. The van der Waals surface area contributed by atoms with E-state index < -0.39 is 18.1 Å². The lowest BCUT2D eigenvalue weighted by molar-refractivity contribution is -0.139. The van der Waals surface area contributed by atoms with Crippen LogP contribution in [0.3, 0.4) is 0 Å². The molecule has 1 fully saturated rings. The van der Waals surface area contributed by atoms with Crippen LogP contribution in [0.1, 0.15) is 11.1 Å². The Labute approximate surface area is 159 Å². The third-order valence-electron chi connectivity index (χ3n) is 3.94. The molecule has 1 saturated heterocycles. The molecule has 3 rings (SSSR count). The van der Waals surface area contributed by atoms with Crippen LogP contribution in [0.15, 0.2) is 42.5 Å². The summed E-state index contributed by atoms with van der Waals surface area (Å²) in [5.41, 5.74) is 1.42. The summed E-state index contributed by atoms with van der Waals surface area (Å²) in [6.07, 6.45) is -0.514. The van der Waals surface area contributed by atoms with Gasteiger partial charge in [-0.1, -0.05) is 53.5 Å². The molecule has 1 atom stereocenters. The molecule has 1 amide bonds. The number of halogens is 2. The SMILES string of the molecule is O=C1OCN(C(=O)OCc2ccccc2)[C@H]1Cc1cc(Cl)c(O)c(Cl)c1. The maximum atomic E-state index is 12.3. The summed E-state index contributed by atoms with van der Waals surface area (Å²) in [4.78, 5) is 25.6. The summed E-state index contributed by atoms with van der Waals surface area (Å²) in [6.45, 7) is -0.0926. The number of benzene rings is 2. The Bertz CT molecular complexity index is 805. The largest absolute Gasteiger partial charge is 0.505 e. The topological polar surface area (TPSA) is 76.1 Å². The molecular formula is C18H15Cl2NO5. The van der Waals surface area contributed by atoms with E-state index >= 15 is 0 Å². The van der Waals surface area contributed by atoms with Crippen molar-refractivity contribution in [2.75, 3.05) is 6.73 Å². The molecule has 1 aliphatic heterocycles. The number of carbonyl (C=O) groups excluding carboxylic acids is 2. The molecule has 1 heterocycles. The highest BCUT2D eigenvalue weighted by atomic mass is 35.5. The van der Waals surface area contributed by atoms with Crippen molar-refractivity contribution in [3.63, 3.8) is 0 Å². The summed E-state index contributed by atoms with van der Waals surface area (Å²) in [7, 11) is 0. The number of phenolic OH excluding ortho intramolecular Hbond substituents is 1. The summed E-state index contributed by atoms with van der Waals surface area (Å²) < 4.78 is 10.2. The Morgan fingerprint density at radius 1 is 1.19 bits per heavy atom. The summed E-state index contributed by atoms with van der Waals surface area (Å²) >= 11 is 11.8. The molecule has 0 aliphatic carbocycles. The smallest absolute Gasteiger partial charge is 0.413 e. The highest BCUT2D eigenvalue weighted by Gasteiger charge is 2.39. The molecule has 0 spiro atoms. The van der Waals surface area contributed by atoms with Gasteiger partial charge < -0.3 is 14.6 Å². The molecule has 1 aliphatic rings. The zero-order chi connectivity index (χ0) is 18.7. The molecule has 0 aromatic heterocycles. The van der Waals surface area contributed by atoms with Gasteiger partial charge in [-0.3, -0.25) is 4.90 Å². The maximum Gasteiger partial charge on any atom is 0.413 e. The number of hydrogen-bond acceptors (Lipinski definition) is 5. The normalized spacial score (nSPS) is 16.5. The Morgan fingerprint density at radius 3 is 2.50 bits per heavy atom. The zero-order valence-corrected chi connectivity index (χ0v) is 15.0. The van der Waals surface area contributed by atoms with Crippen LogP contribution in [-0.4, -0.2) is 34.8 Å². The van der Waals surface area contributed by atoms with E-state index in [1.165, 1.54) is 17.0 Å². The lowest BCUT2D eigenvalue weighted by Crippen LogP contribution is -2.39. The second-order valence-electron chi connectivity index (χ2n) is 5.73. The van der Waals surface area contributed by atoms with Crippen LogP contribution in [0.25, 0.3) is 0 Å². The quantitative estimate of drug-likeness (QED) is 0.797. The van der Waals surface area contributed by atoms with E-state index in [2.05, 4.69) is 0 Å². The van der Waals surface area contributed by atoms with Crippen molar-refractivity contribution in [2.45, 2.75) is 19.1 Å². The van der Waals surface area contributed by atoms with Gasteiger partial charge in [0.05, 0.1) is 10.0 Å². The number of amides is 1. The van der Waals surface area contributed by atoms with Crippen LogP contribution >= 0.6 is 23.2 Å². The summed E-state index contributed by atoms with van der Waals surface area (Å²) in [5, 5.41) is 9.76. The van der Waals surface area contributed by atoms with E-state index in [4.69, 9.17) is 32.7 Å². The number of nitrogens with zero attached hydrogens (tertiary/aromatic N) is 1. The minimum absolute atomic E-state index is 0.0667. The van der Waals surface area contributed by atoms with Crippen LogP contribution in [0.4, 0.5) is 4.79 Å². The first-order valence-electron chi connectivity index (χ1n) is 7.76. The van der Waals surface area contributed by atoms with E-state index in [-0.39, 0.29) is 35.6 Å². The van der Waals surface area contributed by atoms with Crippen LogP contribution < -0.4 is 0 Å². The van der Waals surface area contributed by atoms with Gasteiger partial charge in [-0.05, 0) is 23.3 Å². The lowest BCUT2D eigenvalue weighted by atomic mass is 10.1. The minimum Gasteiger partial charge on any atom is -0.505 e. The van der Waals surface area contributed by atoms with Crippen LogP contribution in [0.5, 0.6) is 5.75 Å². The average molecular weight is 396 g/mol. The summed E-state index contributed by atoms with van der Waals surface area (Å²) in [6, 6.07) is 11.3. The van der Waals surface area contributed by atoms with E-state index in [1.807, 2.05) is 30.3 Å². The maximum absolute atomic E-state index is 12.3. The number of aromatic hydroxyl groups is 1. The van der Waals surface area contributed by atoms with Crippen LogP contribution in [-0.2, 0) is 27.3 Å². The summed E-state index contributed by atoms with van der Waals surface area (Å²) in [5.74, 6) is -0.771. The molecule has 8 heteroatoms. The molecule has 0 radical (unpaired) electrons. The van der Waals surface area contributed by atoms with Crippen molar-refractivity contribution in [2.24, 2.45) is 0 Å². The van der Waals surface area contributed by atoms with Crippen molar-refractivity contribution in [1.29, 1.82) is 0 Å². The number of esters is 1. The van der Waals surface area contributed by atoms with Crippen molar-refractivity contribution < 1.29 is 24.2 Å². The molecule has 0 bridgehead atoms. The standard InChI is InChI=1S/C18H15Cl2NO5/c19-13-6-12(7-14(20)16(13)22)8-15-17(23)26-10-21(15)18(24)25-9-11-4-2-1-3-5-11/h1-7,15,22H,8-10H2/t15-/m0/s1. The van der Waals surface area contributed by atoms with Crippen molar-refractivity contribution in [1.82, 2.24) is 4.90 Å². The third kappa shape index (κ3) is 4.03. The number of ether oxygens (including phenoxy) is 2. The Morgan fingerprint density at radius 2 is 1.85 bits per heavy atom. The van der Waals surface area contributed by atoms with E-state index in [9.17, 15) is 14.7 Å². The van der Waals surface area contributed by atoms with Gasteiger partial charge in [0, 0.05) is 6.42 Å². The molecule has 26 heavy (non-hydrogen) atoms. The number of cyclic esters (lactones) is 1. The molecule has 2 aromatic rings. The minimum atomic E-state index is -0.852. The van der Waals surface area contributed by atoms with Gasteiger partial charge in [0.25, 0.3) is 0 Å². The number of phenols is 1. The van der Waals surface area contributed by atoms with Gasteiger partial charge in [0.15, 0.2) is 12.5 Å². The average Bonchev–Trinajstić information content (AvgIpc) is 2.99. The Kier molecular flexibility index (Phi) is 5.54. The second-order valence-corrected chi connectivity index (χ2v) is 6.54. The fourth-order valence-corrected chi connectivity index (χ4v) is 3.11. The molecule has 0 saturated carbocycles. The van der Waals surface area contributed by atoms with Gasteiger partial charge in [-0.25, -0.2) is 9.59 Å². The van der Waals surface area contributed by atoms with Crippen LogP contribution in [0, 0.1) is 0 Å². The lowest BCUT2D eigenvalue weighted by Gasteiger charge is -2.20. The van der Waals surface area contributed by atoms with Gasteiger partial charge in [-0.2, -0.15) is 0 Å². The molecular weight excluding hydrogens is 381 g/mol. The van der Waals surface area contributed by atoms with Gasteiger partial charge in [0.1, 0.15) is 12.6 Å². The molecule has 2 aromatic carbocycles. The molecule has 0 unspecified atom stereocenters. The highest BCUT2D eigenvalue weighted by Crippen LogP contribution is 2.33. The fraction of sp³-hybridized carbons (Fsp3) is 0.222. The molecule has 1 N–H and O–H groups in total. The Hall–Kier alpha value is -2.44. The van der Waals surface area contributed by atoms with E-state index in [1.54, 1.807) is 0 Å². The third-order valence-corrected chi connectivity index (χ3v) is 4.52. The van der Waals surface area contributed by atoms with Gasteiger partial charge >= 0.3 is 12.1 Å². The monoisotopic (exact) mass is 395 g/mol. The second kappa shape index (κ2) is 7.85.